The lowest BCUT2D eigenvalue weighted by Crippen LogP contribution is -2.70. The van der Waals surface area contributed by atoms with Crippen molar-refractivity contribution in [3.63, 3.8) is 0 Å². The van der Waals surface area contributed by atoms with Crippen LogP contribution in [0.15, 0.2) is 109 Å². The Morgan fingerprint density at radius 3 is 1.95 bits per heavy atom. The minimum Gasteiger partial charge on any atom is -0.506 e. The molecule has 0 spiro atoms. The molecule has 0 radical (unpaired) electrons. The molecule has 0 saturated heterocycles. The predicted molar refractivity (Wildman–Crippen MR) is 153 cm³/mol. The quantitative estimate of drug-likeness (QED) is 0.123. The summed E-state index contributed by atoms with van der Waals surface area (Å²) in [6.07, 6.45) is 2.80. The summed E-state index contributed by atoms with van der Waals surface area (Å²) in [6, 6.07) is 28.1. The molecule has 3 aromatic carbocycles. The molecule has 0 unspecified atom stereocenters. The maximum Gasteiger partial charge on any atom is 0.184 e. The second-order valence-electron chi connectivity index (χ2n) is 11.5. The minimum atomic E-state index is -1.53. The smallest absolute Gasteiger partial charge is 0.184 e. The lowest BCUT2D eigenvalue weighted by Gasteiger charge is -2.60. The molecular formula is C35H34O4. The first kappa shape index (κ1) is 26.6. The third-order valence-corrected chi connectivity index (χ3v) is 9.22. The molecule has 5 rings (SSSR count). The molecule has 0 amide bonds. The number of allylic oxidation sites excluding steroid dienone is 2. The summed E-state index contributed by atoms with van der Waals surface area (Å²) in [5.41, 5.74) is -1.77. The third kappa shape index (κ3) is 4.01. The average molecular weight is 519 g/mol. The SMILES string of the molecule is C=CC[C@@]12C(=O)C(=C(O)c3ccccc3)C(=O)[C@@](Cc3ccccc3)(C[C@@H](Cc3ccccc3)C1(C)C)C2=O. The Hall–Kier alpha value is -4.05. The standard InChI is InChI=1S/C35H34O4/c1-4-20-35-31(38)28(29(36)26-18-12-7-13-19-26)30(37)34(32(35)39,22-25-16-10-6-11-17-25)23-27(33(35,2)3)21-24-14-8-5-9-15-24/h4-19,27,36H,1,20-23H2,2-3H3/t27-,34-,35+/m1/s1. The molecule has 0 aliphatic heterocycles. The van der Waals surface area contributed by atoms with Crippen LogP contribution in [0.4, 0.5) is 0 Å². The predicted octanol–water partition coefficient (Wildman–Crippen LogP) is 6.76. The van der Waals surface area contributed by atoms with Gasteiger partial charge in [0.15, 0.2) is 17.3 Å². The molecule has 2 saturated carbocycles. The minimum absolute atomic E-state index is 0.0956. The molecule has 4 heteroatoms. The van der Waals surface area contributed by atoms with Gasteiger partial charge in [0.1, 0.15) is 16.7 Å². The van der Waals surface area contributed by atoms with Gasteiger partial charge < -0.3 is 5.11 Å². The molecule has 3 atom stereocenters. The molecule has 1 N–H and O–H groups in total. The first-order chi connectivity index (χ1) is 18.7. The highest BCUT2D eigenvalue weighted by Gasteiger charge is 2.73. The molecule has 2 bridgehead atoms. The molecule has 2 fully saturated rings. The highest BCUT2D eigenvalue weighted by Crippen LogP contribution is 2.65. The van der Waals surface area contributed by atoms with Crippen molar-refractivity contribution in [2.75, 3.05) is 0 Å². The summed E-state index contributed by atoms with van der Waals surface area (Å²) in [6.45, 7) is 7.87. The number of aliphatic hydroxyl groups excluding tert-OH is 1. The number of carbonyl (C=O) groups excluding carboxylic acids is 3. The summed E-state index contributed by atoms with van der Waals surface area (Å²) in [5.74, 6) is -2.01. The van der Waals surface area contributed by atoms with E-state index in [0.29, 0.717) is 18.4 Å². The highest BCUT2D eigenvalue weighted by molar-refractivity contribution is 6.41. The highest BCUT2D eigenvalue weighted by atomic mass is 16.3. The van der Waals surface area contributed by atoms with Crippen molar-refractivity contribution < 1.29 is 19.5 Å². The normalized spacial score (nSPS) is 27.2. The first-order valence-electron chi connectivity index (χ1n) is 13.5. The van der Waals surface area contributed by atoms with Crippen LogP contribution >= 0.6 is 0 Å². The van der Waals surface area contributed by atoms with Crippen LogP contribution in [0, 0.1) is 22.2 Å². The van der Waals surface area contributed by atoms with Gasteiger partial charge in [-0.15, -0.1) is 6.58 Å². The van der Waals surface area contributed by atoms with Gasteiger partial charge in [-0.25, -0.2) is 0 Å². The number of hydrogen-bond acceptors (Lipinski definition) is 4. The largest absolute Gasteiger partial charge is 0.506 e. The number of ketones is 3. The van der Waals surface area contributed by atoms with Gasteiger partial charge in [-0.2, -0.15) is 0 Å². The molecule has 2 aliphatic carbocycles. The van der Waals surface area contributed by atoms with Crippen LogP contribution in [0.2, 0.25) is 0 Å². The van der Waals surface area contributed by atoms with E-state index in [2.05, 4.69) is 6.58 Å². The third-order valence-electron chi connectivity index (χ3n) is 9.22. The van der Waals surface area contributed by atoms with Crippen LogP contribution in [0.3, 0.4) is 0 Å². The van der Waals surface area contributed by atoms with Crippen molar-refractivity contribution in [2.45, 2.75) is 39.5 Å². The Bertz CT molecular complexity index is 1450. The van der Waals surface area contributed by atoms with E-state index in [9.17, 15) is 19.5 Å². The van der Waals surface area contributed by atoms with Crippen molar-refractivity contribution in [3.8, 4) is 0 Å². The van der Waals surface area contributed by atoms with Crippen LogP contribution in [-0.4, -0.2) is 22.5 Å². The molecule has 2 aliphatic rings. The van der Waals surface area contributed by atoms with Crippen LogP contribution in [0.1, 0.15) is 43.4 Å². The first-order valence-corrected chi connectivity index (χ1v) is 13.5. The Morgan fingerprint density at radius 2 is 1.38 bits per heavy atom. The fourth-order valence-electron chi connectivity index (χ4n) is 6.99. The fraction of sp³-hybridized carbons (Fsp3) is 0.286. The summed E-state index contributed by atoms with van der Waals surface area (Å²) in [7, 11) is 0. The number of hydrogen-bond donors (Lipinski definition) is 1. The Labute approximate surface area is 230 Å². The van der Waals surface area contributed by atoms with E-state index < -0.39 is 27.8 Å². The van der Waals surface area contributed by atoms with Crippen LogP contribution < -0.4 is 0 Å². The zero-order valence-corrected chi connectivity index (χ0v) is 22.5. The van der Waals surface area contributed by atoms with E-state index in [1.807, 2.05) is 74.5 Å². The zero-order chi connectivity index (χ0) is 27.8. The fourth-order valence-corrected chi connectivity index (χ4v) is 6.99. The van der Waals surface area contributed by atoms with Crippen molar-refractivity contribution in [1.82, 2.24) is 0 Å². The van der Waals surface area contributed by atoms with E-state index >= 15 is 0 Å². The molecule has 39 heavy (non-hydrogen) atoms. The maximum absolute atomic E-state index is 14.8. The molecule has 3 aromatic rings. The number of aliphatic hydroxyl groups is 1. The summed E-state index contributed by atoms with van der Waals surface area (Å²) in [5, 5.41) is 11.5. The Balaban J connectivity index is 1.78. The maximum atomic E-state index is 14.8. The average Bonchev–Trinajstić information content (AvgIpc) is 2.94. The summed E-state index contributed by atoms with van der Waals surface area (Å²) < 4.78 is 0. The van der Waals surface area contributed by atoms with Gasteiger partial charge in [-0.1, -0.05) is 111 Å². The van der Waals surface area contributed by atoms with Crippen molar-refractivity contribution in [3.05, 3.63) is 126 Å². The van der Waals surface area contributed by atoms with Gasteiger partial charge in [0.25, 0.3) is 0 Å². The summed E-state index contributed by atoms with van der Waals surface area (Å²) in [4.78, 5) is 43.9. The number of benzene rings is 3. The zero-order valence-electron chi connectivity index (χ0n) is 22.5. The van der Waals surface area contributed by atoms with Crippen molar-refractivity contribution in [2.24, 2.45) is 22.2 Å². The van der Waals surface area contributed by atoms with Crippen LogP contribution in [-0.2, 0) is 27.2 Å². The van der Waals surface area contributed by atoms with E-state index in [0.717, 1.165) is 11.1 Å². The molecule has 0 aromatic heterocycles. The van der Waals surface area contributed by atoms with E-state index in [-0.39, 0.29) is 35.9 Å². The van der Waals surface area contributed by atoms with Crippen LogP contribution in [0.5, 0.6) is 0 Å². The Morgan fingerprint density at radius 1 is 0.846 bits per heavy atom. The number of rotatable bonds is 7. The van der Waals surface area contributed by atoms with Gasteiger partial charge in [0.2, 0.25) is 0 Å². The number of fused-ring (bicyclic) bond motifs is 2. The molecular weight excluding hydrogens is 484 g/mol. The monoisotopic (exact) mass is 518 g/mol. The van der Waals surface area contributed by atoms with Crippen molar-refractivity contribution >= 4 is 23.1 Å². The Kier molecular flexibility index (Phi) is 6.76. The van der Waals surface area contributed by atoms with E-state index in [1.54, 1.807) is 36.4 Å². The lowest BCUT2D eigenvalue weighted by molar-refractivity contribution is -0.176. The van der Waals surface area contributed by atoms with Gasteiger partial charge in [0, 0.05) is 5.56 Å². The van der Waals surface area contributed by atoms with Gasteiger partial charge in [-0.05, 0) is 48.1 Å². The number of carbonyl (C=O) groups is 3. The lowest BCUT2D eigenvalue weighted by atomic mass is 9.38. The van der Waals surface area contributed by atoms with E-state index in [4.69, 9.17) is 0 Å². The van der Waals surface area contributed by atoms with Gasteiger partial charge in [0.05, 0.1) is 5.41 Å². The second-order valence-corrected chi connectivity index (χ2v) is 11.5. The number of Topliss-reactive ketones (excluding diaryl/α,β-unsaturated/α-hetero) is 3. The van der Waals surface area contributed by atoms with Gasteiger partial charge in [-0.3, -0.25) is 14.4 Å². The molecule has 198 valence electrons. The topological polar surface area (TPSA) is 71.4 Å². The summed E-state index contributed by atoms with van der Waals surface area (Å²) >= 11 is 0. The second kappa shape index (κ2) is 9.92. The molecule has 4 nitrogen and oxygen atoms in total. The van der Waals surface area contributed by atoms with Crippen LogP contribution in [0.25, 0.3) is 5.76 Å². The molecule has 0 heterocycles. The van der Waals surface area contributed by atoms with Gasteiger partial charge >= 0.3 is 0 Å². The van der Waals surface area contributed by atoms with E-state index in [1.165, 1.54) is 0 Å². The van der Waals surface area contributed by atoms with Crippen molar-refractivity contribution in [1.29, 1.82) is 0 Å².